The molecule has 0 aromatic carbocycles. The molecule has 0 fully saturated rings. The van der Waals surface area contributed by atoms with Crippen LogP contribution in [0.3, 0.4) is 0 Å². The molecule has 0 saturated carbocycles. The van der Waals surface area contributed by atoms with E-state index in [9.17, 15) is 0 Å². The Balaban J connectivity index is 0.00000576. The van der Waals surface area contributed by atoms with Gasteiger partial charge in [0.1, 0.15) is 0 Å². The smallest absolute Gasteiger partial charge is 0.191 e. The molecule has 8 heteroatoms. The van der Waals surface area contributed by atoms with Gasteiger partial charge in [0.05, 0.1) is 18.9 Å². The molecule has 0 spiro atoms. The summed E-state index contributed by atoms with van der Waals surface area (Å²) in [5.41, 5.74) is 3.72. The number of guanidine groups is 1. The molecule has 0 aliphatic heterocycles. The molecule has 25 heavy (non-hydrogen) atoms. The van der Waals surface area contributed by atoms with Crippen LogP contribution in [0.15, 0.2) is 4.99 Å². The Morgan fingerprint density at radius 1 is 1.16 bits per heavy atom. The summed E-state index contributed by atoms with van der Waals surface area (Å²) in [6.07, 6.45) is 2.85. The van der Waals surface area contributed by atoms with Gasteiger partial charge in [-0.3, -0.25) is 9.67 Å². The van der Waals surface area contributed by atoms with Crippen LogP contribution >= 0.6 is 24.0 Å². The molecule has 1 aromatic rings. The Hall–Kier alpha value is -0.870. The van der Waals surface area contributed by atoms with E-state index in [1.54, 1.807) is 14.2 Å². The van der Waals surface area contributed by atoms with Gasteiger partial charge in [-0.15, -0.1) is 24.0 Å². The summed E-state index contributed by atoms with van der Waals surface area (Å²) < 4.78 is 12.4. The van der Waals surface area contributed by atoms with Crippen LogP contribution in [0.25, 0.3) is 0 Å². The third-order valence-corrected chi connectivity index (χ3v) is 3.87. The fourth-order valence-electron chi connectivity index (χ4n) is 2.61. The molecule has 0 radical (unpaired) electrons. The number of hydrogen-bond donors (Lipinski definition) is 2. The standard InChI is InChI=1S/C17H33N5O2.HI/c1-6-15-14(16(7-2)22(4)21-15)13-20-17(18-3)19-9-8-10-24-12-11-23-5;/h6-13H2,1-5H3,(H2,18,19,20);1H. The summed E-state index contributed by atoms with van der Waals surface area (Å²) in [6.45, 7) is 7.87. The van der Waals surface area contributed by atoms with Crippen LogP contribution in [-0.4, -0.2) is 56.3 Å². The second-order valence-corrected chi connectivity index (χ2v) is 5.51. The zero-order valence-electron chi connectivity index (χ0n) is 16.2. The lowest BCUT2D eigenvalue weighted by atomic mass is 10.1. The van der Waals surface area contributed by atoms with Gasteiger partial charge in [0, 0.05) is 52.2 Å². The minimum Gasteiger partial charge on any atom is -0.382 e. The van der Waals surface area contributed by atoms with E-state index < -0.39 is 0 Å². The van der Waals surface area contributed by atoms with Crippen molar-refractivity contribution in [1.29, 1.82) is 0 Å². The van der Waals surface area contributed by atoms with Gasteiger partial charge in [-0.2, -0.15) is 5.10 Å². The van der Waals surface area contributed by atoms with E-state index in [-0.39, 0.29) is 24.0 Å². The highest BCUT2D eigenvalue weighted by molar-refractivity contribution is 14.0. The van der Waals surface area contributed by atoms with Gasteiger partial charge in [0.15, 0.2) is 5.96 Å². The number of aromatic nitrogens is 2. The minimum absolute atomic E-state index is 0. The van der Waals surface area contributed by atoms with Crippen molar-refractivity contribution in [2.45, 2.75) is 39.7 Å². The van der Waals surface area contributed by atoms with Crippen LogP contribution in [0.5, 0.6) is 0 Å². The first-order chi connectivity index (χ1) is 11.7. The van der Waals surface area contributed by atoms with Crippen molar-refractivity contribution in [3.8, 4) is 0 Å². The Bertz CT molecular complexity index is 505. The Kier molecular flexibility index (Phi) is 13.8. The maximum atomic E-state index is 5.45. The average molecular weight is 467 g/mol. The fraction of sp³-hybridized carbons (Fsp3) is 0.765. The molecule has 0 aliphatic rings. The summed E-state index contributed by atoms with van der Waals surface area (Å²) in [5, 5.41) is 11.3. The largest absolute Gasteiger partial charge is 0.382 e. The summed E-state index contributed by atoms with van der Waals surface area (Å²) in [6, 6.07) is 0. The summed E-state index contributed by atoms with van der Waals surface area (Å²) >= 11 is 0. The quantitative estimate of drug-likeness (QED) is 0.225. The van der Waals surface area contributed by atoms with Crippen molar-refractivity contribution in [3.05, 3.63) is 17.0 Å². The molecule has 0 atom stereocenters. The topological polar surface area (TPSA) is 72.7 Å². The fourth-order valence-corrected chi connectivity index (χ4v) is 2.61. The number of aliphatic imine (C=N–C) groups is 1. The van der Waals surface area contributed by atoms with Gasteiger partial charge in [-0.25, -0.2) is 0 Å². The number of nitrogens with one attached hydrogen (secondary N) is 2. The normalized spacial score (nSPS) is 11.3. The third-order valence-electron chi connectivity index (χ3n) is 3.87. The summed E-state index contributed by atoms with van der Waals surface area (Å²) in [4.78, 5) is 4.27. The lowest BCUT2D eigenvalue weighted by Gasteiger charge is -2.13. The molecule has 0 amide bonds. The lowest BCUT2D eigenvalue weighted by molar-refractivity contribution is 0.0698. The van der Waals surface area contributed by atoms with E-state index in [0.29, 0.717) is 13.2 Å². The highest BCUT2D eigenvalue weighted by Crippen LogP contribution is 2.15. The minimum atomic E-state index is 0. The summed E-state index contributed by atoms with van der Waals surface area (Å²) in [7, 11) is 5.48. The monoisotopic (exact) mass is 467 g/mol. The van der Waals surface area contributed by atoms with E-state index in [2.05, 4.69) is 34.6 Å². The van der Waals surface area contributed by atoms with Crippen LogP contribution in [0.2, 0.25) is 0 Å². The van der Waals surface area contributed by atoms with Crippen molar-refractivity contribution in [1.82, 2.24) is 20.4 Å². The maximum absolute atomic E-state index is 5.45. The number of methoxy groups -OCH3 is 1. The predicted molar refractivity (Wildman–Crippen MR) is 113 cm³/mol. The molecule has 0 aliphatic carbocycles. The van der Waals surface area contributed by atoms with Crippen LogP contribution in [-0.2, 0) is 35.9 Å². The van der Waals surface area contributed by atoms with E-state index in [1.165, 1.54) is 11.3 Å². The molecular weight excluding hydrogens is 433 g/mol. The van der Waals surface area contributed by atoms with Crippen molar-refractivity contribution in [2.24, 2.45) is 12.0 Å². The number of rotatable bonds is 11. The second-order valence-electron chi connectivity index (χ2n) is 5.51. The van der Waals surface area contributed by atoms with Gasteiger partial charge in [-0.1, -0.05) is 13.8 Å². The average Bonchev–Trinajstić information content (AvgIpc) is 2.91. The molecule has 0 saturated heterocycles. The number of halogens is 1. The van der Waals surface area contributed by atoms with Crippen LogP contribution in [0, 0.1) is 0 Å². The molecule has 0 bridgehead atoms. The predicted octanol–water partition coefficient (Wildman–Crippen LogP) is 1.88. The summed E-state index contributed by atoms with van der Waals surface area (Å²) in [5.74, 6) is 0.805. The molecule has 1 aromatic heterocycles. The zero-order valence-corrected chi connectivity index (χ0v) is 18.6. The lowest BCUT2D eigenvalue weighted by Crippen LogP contribution is -2.37. The van der Waals surface area contributed by atoms with Crippen molar-refractivity contribution < 1.29 is 9.47 Å². The Labute approximate surface area is 169 Å². The first-order valence-electron chi connectivity index (χ1n) is 8.72. The molecule has 1 rings (SSSR count). The van der Waals surface area contributed by atoms with Gasteiger partial charge >= 0.3 is 0 Å². The zero-order chi connectivity index (χ0) is 17.8. The Morgan fingerprint density at radius 2 is 1.92 bits per heavy atom. The van der Waals surface area contributed by atoms with Crippen molar-refractivity contribution >= 4 is 29.9 Å². The van der Waals surface area contributed by atoms with E-state index in [4.69, 9.17) is 9.47 Å². The van der Waals surface area contributed by atoms with Crippen LogP contribution in [0.1, 0.15) is 37.2 Å². The van der Waals surface area contributed by atoms with Gasteiger partial charge in [0.2, 0.25) is 0 Å². The van der Waals surface area contributed by atoms with Crippen LogP contribution < -0.4 is 10.6 Å². The number of aryl methyl sites for hydroxylation is 2. The third kappa shape index (κ3) is 8.37. The molecule has 0 unspecified atom stereocenters. The van der Waals surface area contributed by atoms with Crippen molar-refractivity contribution in [3.63, 3.8) is 0 Å². The number of nitrogens with zero attached hydrogens (tertiary/aromatic N) is 3. The first kappa shape index (κ1) is 24.1. The van der Waals surface area contributed by atoms with E-state index in [0.717, 1.165) is 50.6 Å². The molecule has 146 valence electrons. The highest BCUT2D eigenvalue weighted by atomic mass is 127. The van der Waals surface area contributed by atoms with Crippen LogP contribution in [0.4, 0.5) is 0 Å². The van der Waals surface area contributed by atoms with Gasteiger partial charge < -0.3 is 20.1 Å². The second kappa shape index (κ2) is 14.3. The highest BCUT2D eigenvalue weighted by Gasteiger charge is 2.13. The van der Waals surface area contributed by atoms with Gasteiger partial charge in [0.25, 0.3) is 0 Å². The van der Waals surface area contributed by atoms with Gasteiger partial charge in [-0.05, 0) is 19.3 Å². The molecule has 1 heterocycles. The maximum Gasteiger partial charge on any atom is 0.191 e. The Morgan fingerprint density at radius 3 is 2.52 bits per heavy atom. The number of hydrogen-bond acceptors (Lipinski definition) is 4. The van der Waals surface area contributed by atoms with Crippen molar-refractivity contribution in [2.75, 3.05) is 40.5 Å². The SMILES string of the molecule is CCc1nn(C)c(CC)c1CNC(=NC)NCCCOCCOC.I. The molecule has 2 N–H and O–H groups in total. The van der Waals surface area contributed by atoms with E-state index in [1.807, 2.05) is 11.7 Å². The van der Waals surface area contributed by atoms with E-state index >= 15 is 0 Å². The first-order valence-corrected chi connectivity index (χ1v) is 8.72. The number of ether oxygens (including phenoxy) is 2. The molecule has 7 nitrogen and oxygen atoms in total. The molecular formula is C17H34IN5O2.